The fourth-order valence-corrected chi connectivity index (χ4v) is 6.77. The molecule has 1 aliphatic heterocycles. The van der Waals surface area contributed by atoms with E-state index < -0.39 is 0 Å². The summed E-state index contributed by atoms with van der Waals surface area (Å²) in [4.78, 5) is 28.5. The smallest absolute Gasteiger partial charge is 0.249 e. The first-order chi connectivity index (χ1) is 20.0. The number of hydrogen-bond donors (Lipinski definition) is 1. The molecule has 1 amide bonds. The Kier molecular flexibility index (Phi) is 6.20. The zero-order valence-corrected chi connectivity index (χ0v) is 23.1. The Balaban J connectivity index is 1.25. The quantitative estimate of drug-likeness (QED) is 0.247. The van der Waals surface area contributed by atoms with E-state index in [0.717, 1.165) is 75.3 Å². The van der Waals surface area contributed by atoms with Crippen molar-refractivity contribution in [3.05, 3.63) is 119 Å². The Morgan fingerprint density at radius 3 is 2.15 bits per heavy atom. The molecule has 6 aromatic rings. The molecule has 6 nitrogen and oxygen atoms in total. The Morgan fingerprint density at radius 1 is 0.732 bits per heavy atom. The second-order valence-electron chi connectivity index (χ2n) is 11.1. The topological polar surface area (TPSA) is 73.3 Å². The Labute approximate surface area is 238 Å². The lowest BCUT2D eigenvalue weighted by atomic mass is 9.98. The van der Waals surface area contributed by atoms with E-state index in [1.165, 1.54) is 0 Å². The van der Waals surface area contributed by atoms with Gasteiger partial charge in [-0.1, -0.05) is 66.7 Å². The van der Waals surface area contributed by atoms with Crippen molar-refractivity contribution in [1.82, 2.24) is 14.0 Å². The maximum atomic E-state index is 14.1. The zero-order chi connectivity index (χ0) is 28.1. The molecule has 2 N–H and O–H groups in total. The summed E-state index contributed by atoms with van der Waals surface area (Å²) in [7, 11) is 1.99. The number of primary amides is 1. The molecular formula is C35H32N4O2. The number of aromatic nitrogens is 2. The molecule has 4 aromatic carbocycles. The summed E-state index contributed by atoms with van der Waals surface area (Å²) in [6.07, 6.45) is 3.92. The maximum Gasteiger partial charge on any atom is 0.249 e. The van der Waals surface area contributed by atoms with Gasteiger partial charge < -0.3 is 14.9 Å². The number of ketones is 1. The largest absolute Gasteiger partial charge is 0.366 e. The highest BCUT2D eigenvalue weighted by atomic mass is 16.1. The summed E-state index contributed by atoms with van der Waals surface area (Å²) in [5.41, 5.74) is 12.0. The van der Waals surface area contributed by atoms with E-state index in [-0.39, 0.29) is 11.7 Å². The number of nitrogens with two attached hydrogens (primary N) is 1. The summed E-state index contributed by atoms with van der Waals surface area (Å²) in [5.74, 6) is -0.326. The first kappa shape index (κ1) is 25.3. The highest BCUT2D eigenvalue weighted by Gasteiger charge is 2.27. The molecule has 7 rings (SSSR count). The van der Waals surface area contributed by atoms with E-state index >= 15 is 0 Å². The molecule has 0 aliphatic carbocycles. The van der Waals surface area contributed by atoms with Crippen LogP contribution in [-0.2, 0) is 13.6 Å². The minimum Gasteiger partial charge on any atom is -0.366 e. The summed E-state index contributed by atoms with van der Waals surface area (Å²) in [6.45, 7) is 2.55. The van der Waals surface area contributed by atoms with Gasteiger partial charge in [-0.2, -0.15) is 0 Å². The number of rotatable bonds is 6. The number of hydrogen-bond acceptors (Lipinski definition) is 3. The van der Waals surface area contributed by atoms with Gasteiger partial charge in [-0.25, -0.2) is 0 Å². The number of amides is 1. The lowest BCUT2D eigenvalue weighted by Gasteiger charge is -2.34. The molecule has 0 unspecified atom stereocenters. The van der Waals surface area contributed by atoms with Crippen molar-refractivity contribution in [2.24, 2.45) is 12.8 Å². The summed E-state index contributed by atoms with van der Waals surface area (Å²) >= 11 is 0. The zero-order valence-electron chi connectivity index (χ0n) is 23.1. The minimum atomic E-state index is -0.380. The molecule has 41 heavy (non-hydrogen) atoms. The number of piperidine rings is 1. The van der Waals surface area contributed by atoms with Crippen LogP contribution < -0.4 is 5.73 Å². The van der Waals surface area contributed by atoms with Crippen LogP contribution in [0.15, 0.2) is 97.2 Å². The van der Waals surface area contributed by atoms with E-state index in [0.29, 0.717) is 18.2 Å². The van der Waals surface area contributed by atoms with Crippen LogP contribution in [-0.4, -0.2) is 38.8 Å². The fourth-order valence-electron chi connectivity index (χ4n) is 6.77. The van der Waals surface area contributed by atoms with E-state index in [1.54, 1.807) is 6.07 Å². The predicted octanol–water partition coefficient (Wildman–Crippen LogP) is 6.45. The summed E-state index contributed by atoms with van der Waals surface area (Å²) in [6, 6.07) is 30.6. The van der Waals surface area contributed by atoms with Crippen molar-refractivity contribution in [2.75, 3.05) is 13.1 Å². The SMILES string of the molecule is Cn1cc(C(=O)c2cccc3c2c2ccccc2n3C2CCN(Cc3ccccc3C(N)=O)CC2)c2ccccc21. The Hall–Kier alpha value is -4.68. The molecule has 6 heteroatoms. The molecule has 0 spiro atoms. The maximum absolute atomic E-state index is 14.1. The van der Waals surface area contributed by atoms with Crippen molar-refractivity contribution >= 4 is 44.4 Å². The molecule has 0 saturated carbocycles. The molecule has 204 valence electrons. The normalized spacial score (nSPS) is 14.8. The van der Waals surface area contributed by atoms with Gasteiger partial charge in [0.15, 0.2) is 5.78 Å². The third kappa shape index (κ3) is 4.23. The van der Waals surface area contributed by atoms with E-state index in [2.05, 4.69) is 45.9 Å². The molecule has 1 saturated heterocycles. The van der Waals surface area contributed by atoms with E-state index in [9.17, 15) is 9.59 Å². The fraction of sp³-hybridized carbons (Fsp3) is 0.200. The van der Waals surface area contributed by atoms with Crippen molar-refractivity contribution < 1.29 is 9.59 Å². The number of para-hydroxylation sites is 2. The molecule has 2 aromatic heterocycles. The molecule has 1 aliphatic rings. The molecule has 0 atom stereocenters. The van der Waals surface area contributed by atoms with Crippen LogP contribution in [0.1, 0.15) is 50.7 Å². The Bertz CT molecular complexity index is 1960. The van der Waals surface area contributed by atoms with Crippen molar-refractivity contribution in [3.63, 3.8) is 0 Å². The number of carbonyl (C=O) groups is 2. The van der Waals surface area contributed by atoms with Crippen LogP contribution in [0.2, 0.25) is 0 Å². The highest BCUT2D eigenvalue weighted by Crippen LogP contribution is 2.38. The number of aryl methyl sites for hydroxylation is 1. The third-order valence-electron chi connectivity index (χ3n) is 8.72. The monoisotopic (exact) mass is 540 g/mol. The standard InChI is InChI=1S/C35H32N4O2/c1-37-22-29(26-11-4-6-14-30(26)37)34(40)28-13-8-16-32-33(28)27-12-5-7-15-31(27)39(32)24-17-19-38(20-18-24)21-23-9-2-3-10-25(23)35(36)41/h2-16,22,24H,17-21H2,1H3,(H2,36,41). The van der Waals surface area contributed by atoms with Crippen LogP contribution in [0.5, 0.6) is 0 Å². The number of nitrogens with zero attached hydrogens (tertiary/aromatic N) is 3. The van der Waals surface area contributed by atoms with Gasteiger partial charge in [0.2, 0.25) is 5.91 Å². The van der Waals surface area contributed by atoms with Gasteiger partial charge in [0, 0.05) is 82.8 Å². The second-order valence-corrected chi connectivity index (χ2v) is 11.1. The minimum absolute atomic E-state index is 0.0539. The number of benzene rings is 4. The average molecular weight is 541 g/mol. The van der Waals surface area contributed by atoms with Gasteiger partial charge in [0.25, 0.3) is 0 Å². The van der Waals surface area contributed by atoms with Crippen LogP contribution in [0.4, 0.5) is 0 Å². The first-order valence-corrected chi connectivity index (χ1v) is 14.2. The van der Waals surface area contributed by atoms with Crippen molar-refractivity contribution in [2.45, 2.75) is 25.4 Å². The van der Waals surface area contributed by atoms with Crippen LogP contribution in [0, 0.1) is 0 Å². The average Bonchev–Trinajstić information content (AvgIpc) is 3.52. The summed E-state index contributed by atoms with van der Waals surface area (Å²) in [5, 5.41) is 3.12. The molecule has 3 heterocycles. The second kappa shape index (κ2) is 10.1. The molecule has 0 bridgehead atoms. The summed E-state index contributed by atoms with van der Waals surface area (Å²) < 4.78 is 4.49. The van der Waals surface area contributed by atoms with Crippen molar-refractivity contribution in [3.8, 4) is 0 Å². The van der Waals surface area contributed by atoms with Crippen LogP contribution in [0.25, 0.3) is 32.7 Å². The van der Waals surface area contributed by atoms with E-state index in [1.807, 2.05) is 66.3 Å². The number of likely N-dealkylation sites (tertiary alicyclic amines) is 1. The lowest BCUT2D eigenvalue weighted by Crippen LogP contribution is -2.34. The van der Waals surface area contributed by atoms with Gasteiger partial charge >= 0.3 is 0 Å². The van der Waals surface area contributed by atoms with Crippen LogP contribution in [0.3, 0.4) is 0 Å². The highest BCUT2D eigenvalue weighted by molar-refractivity contribution is 6.25. The van der Waals surface area contributed by atoms with E-state index in [4.69, 9.17) is 5.73 Å². The van der Waals surface area contributed by atoms with Gasteiger partial charge in [0.1, 0.15) is 0 Å². The molecule has 1 fully saturated rings. The van der Waals surface area contributed by atoms with Gasteiger partial charge in [-0.15, -0.1) is 0 Å². The first-order valence-electron chi connectivity index (χ1n) is 14.2. The number of carbonyl (C=O) groups excluding carboxylic acids is 2. The Morgan fingerprint density at radius 2 is 1.37 bits per heavy atom. The van der Waals surface area contributed by atoms with Crippen LogP contribution >= 0.6 is 0 Å². The molecule has 0 radical (unpaired) electrons. The predicted molar refractivity (Wildman–Crippen MR) is 164 cm³/mol. The number of fused-ring (bicyclic) bond motifs is 4. The van der Waals surface area contributed by atoms with Crippen molar-refractivity contribution in [1.29, 1.82) is 0 Å². The molecular weight excluding hydrogens is 508 g/mol. The van der Waals surface area contributed by atoms with Gasteiger partial charge in [-0.05, 0) is 42.7 Å². The van der Waals surface area contributed by atoms with Gasteiger partial charge in [0.05, 0.1) is 5.52 Å². The lowest BCUT2D eigenvalue weighted by molar-refractivity contribution is 0.0995. The third-order valence-corrected chi connectivity index (χ3v) is 8.72. The van der Waals surface area contributed by atoms with Gasteiger partial charge in [-0.3, -0.25) is 14.5 Å².